The van der Waals surface area contributed by atoms with E-state index in [1.165, 1.54) is 12.1 Å². The van der Waals surface area contributed by atoms with Gasteiger partial charge in [-0.05, 0) is 43.2 Å². The summed E-state index contributed by atoms with van der Waals surface area (Å²) in [5.41, 5.74) is 2.83. The van der Waals surface area contributed by atoms with Gasteiger partial charge in [0.05, 0.1) is 18.7 Å². The molecule has 1 aliphatic rings. The second-order valence-electron chi connectivity index (χ2n) is 7.59. The molecule has 8 heteroatoms. The number of amides is 2. The fraction of sp³-hybridized carbons (Fsp3) is 0.292. The summed E-state index contributed by atoms with van der Waals surface area (Å²) >= 11 is 0. The number of benzene rings is 2. The zero-order chi connectivity index (χ0) is 22.7. The number of urea groups is 1. The van der Waals surface area contributed by atoms with Crippen LogP contribution < -0.4 is 10.1 Å². The van der Waals surface area contributed by atoms with E-state index in [-0.39, 0.29) is 23.6 Å². The lowest BCUT2D eigenvalue weighted by atomic mass is 9.94. The number of aromatic nitrogens is 2. The lowest BCUT2D eigenvalue weighted by molar-refractivity contribution is 0.204. The molecule has 1 N–H and O–H groups in total. The van der Waals surface area contributed by atoms with Gasteiger partial charge >= 0.3 is 6.03 Å². The quantitative estimate of drug-likeness (QED) is 0.552. The molecule has 32 heavy (non-hydrogen) atoms. The number of allylic oxidation sites excluding steroid dienone is 1. The van der Waals surface area contributed by atoms with Crippen molar-refractivity contribution in [3.8, 4) is 17.1 Å². The lowest BCUT2D eigenvalue weighted by Gasteiger charge is -2.35. The molecule has 2 amide bonds. The zero-order valence-corrected chi connectivity index (χ0v) is 18.3. The Morgan fingerprint density at radius 3 is 2.69 bits per heavy atom. The molecular formula is C24H25FN4O3. The molecule has 0 bridgehead atoms. The second-order valence-corrected chi connectivity index (χ2v) is 7.59. The first-order chi connectivity index (χ1) is 15.5. The average Bonchev–Trinajstić information content (AvgIpc) is 3.28. The third-order valence-corrected chi connectivity index (χ3v) is 5.52. The molecule has 2 heterocycles. The number of ether oxygens (including phenoxy) is 1. The topological polar surface area (TPSA) is 80.5 Å². The maximum atomic E-state index is 13.7. The minimum Gasteiger partial charge on any atom is -0.497 e. The molecule has 0 radical (unpaired) electrons. The fourth-order valence-electron chi connectivity index (χ4n) is 3.77. The van der Waals surface area contributed by atoms with Gasteiger partial charge in [-0.3, -0.25) is 4.90 Å². The number of carbonyl (C=O) groups is 1. The first-order valence-electron chi connectivity index (χ1n) is 10.5. The van der Waals surface area contributed by atoms with Gasteiger partial charge in [-0.15, -0.1) is 0 Å². The highest BCUT2D eigenvalue weighted by Gasteiger charge is 2.35. The fourth-order valence-corrected chi connectivity index (χ4v) is 3.77. The minimum atomic E-state index is -0.480. The molecule has 3 aromatic rings. The summed E-state index contributed by atoms with van der Waals surface area (Å²) < 4.78 is 24.5. The Bertz CT molecular complexity index is 1140. The Morgan fingerprint density at radius 1 is 1.22 bits per heavy atom. The van der Waals surface area contributed by atoms with Crippen LogP contribution in [0.3, 0.4) is 0 Å². The normalized spacial score (nSPS) is 16.3. The molecule has 0 saturated carbocycles. The largest absolute Gasteiger partial charge is 0.497 e. The van der Waals surface area contributed by atoms with Gasteiger partial charge in [0.1, 0.15) is 11.6 Å². The summed E-state index contributed by atoms with van der Waals surface area (Å²) in [6.45, 7) is 4.54. The number of rotatable bonds is 7. The van der Waals surface area contributed by atoms with Gasteiger partial charge in [0.2, 0.25) is 5.82 Å². The number of nitrogens with zero attached hydrogens (tertiary/aromatic N) is 3. The average molecular weight is 436 g/mol. The highest BCUT2D eigenvalue weighted by atomic mass is 19.1. The van der Waals surface area contributed by atoms with Gasteiger partial charge in [0.15, 0.2) is 0 Å². The van der Waals surface area contributed by atoms with Crippen molar-refractivity contribution in [2.45, 2.75) is 32.7 Å². The maximum absolute atomic E-state index is 13.7. The minimum absolute atomic E-state index is 0.176. The van der Waals surface area contributed by atoms with Crippen LogP contribution in [0.5, 0.6) is 5.75 Å². The third-order valence-electron chi connectivity index (χ3n) is 5.52. The first kappa shape index (κ1) is 21.5. The summed E-state index contributed by atoms with van der Waals surface area (Å²) in [7, 11) is 1.60. The molecule has 1 unspecified atom stereocenters. The number of halogens is 1. The number of carbonyl (C=O) groups excluding carboxylic acids is 1. The molecule has 1 atom stereocenters. The van der Waals surface area contributed by atoms with Crippen LogP contribution in [0.25, 0.3) is 17.0 Å². The second kappa shape index (κ2) is 9.21. The van der Waals surface area contributed by atoms with E-state index in [1.807, 2.05) is 31.2 Å². The summed E-state index contributed by atoms with van der Waals surface area (Å²) in [6, 6.07) is 12.8. The first-order valence-corrected chi connectivity index (χ1v) is 10.5. The Balaban J connectivity index is 1.79. The summed E-state index contributed by atoms with van der Waals surface area (Å²) in [5.74, 6) is 0.902. The van der Waals surface area contributed by atoms with E-state index < -0.39 is 6.04 Å². The highest BCUT2D eigenvalue weighted by molar-refractivity contribution is 5.86. The Hall–Kier alpha value is -3.68. The molecule has 1 aromatic heterocycles. The number of hydrogen-bond donors (Lipinski definition) is 1. The van der Waals surface area contributed by atoms with Crippen molar-refractivity contribution in [3.63, 3.8) is 0 Å². The van der Waals surface area contributed by atoms with E-state index in [0.29, 0.717) is 23.4 Å². The van der Waals surface area contributed by atoms with Crippen molar-refractivity contribution < 1.29 is 18.4 Å². The number of nitrogens with one attached hydrogen (secondary N) is 1. The van der Waals surface area contributed by atoms with Gasteiger partial charge < -0.3 is 14.6 Å². The van der Waals surface area contributed by atoms with Crippen molar-refractivity contribution >= 4 is 11.6 Å². The van der Waals surface area contributed by atoms with Crippen LogP contribution in [-0.2, 0) is 0 Å². The van der Waals surface area contributed by atoms with Gasteiger partial charge in [0, 0.05) is 17.8 Å². The molecule has 0 saturated heterocycles. The van der Waals surface area contributed by atoms with Gasteiger partial charge in [0.25, 0.3) is 5.89 Å². The van der Waals surface area contributed by atoms with Crippen LogP contribution in [0.4, 0.5) is 9.18 Å². The molecule has 0 aliphatic carbocycles. The predicted molar refractivity (Wildman–Crippen MR) is 118 cm³/mol. The molecule has 1 aliphatic heterocycles. The van der Waals surface area contributed by atoms with Gasteiger partial charge in [-0.25, -0.2) is 9.18 Å². The number of methoxy groups -OCH3 is 1. The SMILES string of the molecule is CCCCN1C(=O)NC(c2ccc(OC)cc2)C(c2nc(-c3cccc(F)c3)no2)=C1C. The van der Waals surface area contributed by atoms with E-state index in [2.05, 4.69) is 22.4 Å². The number of hydrogen-bond acceptors (Lipinski definition) is 5. The van der Waals surface area contributed by atoms with Crippen molar-refractivity contribution in [3.05, 3.63) is 71.5 Å². The molecule has 0 fully saturated rings. The monoisotopic (exact) mass is 436 g/mol. The van der Waals surface area contributed by atoms with E-state index in [4.69, 9.17) is 9.26 Å². The Kier molecular flexibility index (Phi) is 6.20. The van der Waals surface area contributed by atoms with Crippen molar-refractivity contribution in [2.75, 3.05) is 13.7 Å². The molecule has 166 valence electrons. The van der Waals surface area contributed by atoms with E-state index in [9.17, 15) is 9.18 Å². The smallest absolute Gasteiger partial charge is 0.322 e. The summed E-state index contributed by atoms with van der Waals surface area (Å²) in [6.07, 6.45) is 1.82. The van der Waals surface area contributed by atoms with Crippen LogP contribution >= 0.6 is 0 Å². The van der Waals surface area contributed by atoms with Gasteiger partial charge in [-0.1, -0.05) is 42.8 Å². The molecule has 0 spiro atoms. The standard InChI is InChI=1S/C24H25FN4O3/c1-4-5-13-29-15(2)20(21(26-24(29)30)16-9-11-19(31-3)12-10-16)23-27-22(28-32-23)17-7-6-8-18(25)14-17/h6-12,14,21H,4-5,13H2,1-3H3,(H,26,30). The van der Waals surface area contributed by atoms with Crippen LogP contribution in [0.1, 0.15) is 44.2 Å². The Morgan fingerprint density at radius 2 is 2.00 bits per heavy atom. The zero-order valence-electron chi connectivity index (χ0n) is 18.3. The molecule has 2 aromatic carbocycles. The van der Waals surface area contributed by atoms with Crippen LogP contribution in [-0.4, -0.2) is 34.7 Å². The van der Waals surface area contributed by atoms with E-state index >= 15 is 0 Å². The van der Waals surface area contributed by atoms with E-state index in [1.54, 1.807) is 24.1 Å². The summed E-state index contributed by atoms with van der Waals surface area (Å²) in [5, 5.41) is 7.13. The van der Waals surface area contributed by atoms with Crippen LogP contribution in [0.2, 0.25) is 0 Å². The van der Waals surface area contributed by atoms with E-state index in [0.717, 1.165) is 24.1 Å². The maximum Gasteiger partial charge on any atom is 0.322 e. The molecular weight excluding hydrogens is 411 g/mol. The Labute approximate surface area is 185 Å². The predicted octanol–water partition coefficient (Wildman–Crippen LogP) is 5.18. The van der Waals surface area contributed by atoms with Gasteiger partial charge in [-0.2, -0.15) is 4.98 Å². The van der Waals surface area contributed by atoms with Crippen LogP contribution in [0.15, 0.2) is 58.8 Å². The third kappa shape index (κ3) is 4.21. The highest BCUT2D eigenvalue weighted by Crippen LogP contribution is 2.37. The summed E-state index contributed by atoms with van der Waals surface area (Å²) in [4.78, 5) is 19.1. The number of unbranched alkanes of at least 4 members (excludes halogenated alkanes) is 1. The van der Waals surface area contributed by atoms with Crippen molar-refractivity contribution in [1.82, 2.24) is 20.4 Å². The van der Waals surface area contributed by atoms with Crippen molar-refractivity contribution in [1.29, 1.82) is 0 Å². The molecule has 4 rings (SSSR count). The van der Waals surface area contributed by atoms with Crippen LogP contribution in [0, 0.1) is 5.82 Å². The van der Waals surface area contributed by atoms with Crippen molar-refractivity contribution in [2.24, 2.45) is 0 Å². The molecule has 7 nitrogen and oxygen atoms in total. The lowest BCUT2D eigenvalue weighted by Crippen LogP contribution is -2.46.